The minimum Gasteiger partial charge on any atom is -0.387 e. The highest BCUT2D eigenvalue weighted by Gasteiger charge is 2.35. The maximum Gasteiger partial charge on any atom is 0.228 e. The predicted octanol–water partition coefficient (Wildman–Crippen LogP) is 1.10. The third-order valence-corrected chi connectivity index (χ3v) is 4.66. The second-order valence-electron chi connectivity index (χ2n) is 7.19. The molecule has 1 fully saturated rings. The SMILES string of the molecule is Cc1cccn2c(CC(=O)N3CCC[C@@](O)(CN(C)C)C3)cnc12. The van der Waals surface area contributed by atoms with Crippen LogP contribution in [0.15, 0.2) is 24.5 Å². The van der Waals surface area contributed by atoms with Crippen molar-refractivity contribution in [2.45, 2.75) is 31.8 Å². The van der Waals surface area contributed by atoms with Gasteiger partial charge >= 0.3 is 0 Å². The van der Waals surface area contributed by atoms with Crippen LogP contribution in [0.3, 0.4) is 0 Å². The summed E-state index contributed by atoms with van der Waals surface area (Å²) in [6.45, 7) is 3.70. The number of hydrogen-bond acceptors (Lipinski definition) is 4. The van der Waals surface area contributed by atoms with Crippen LogP contribution in [0, 0.1) is 6.92 Å². The van der Waals surface area contributed by atoms with Crippen LogP contribution in [0.4, 0.5) is 0 Å². The Morgan fingerprint density at radius 3 is 3.00 bits per heavy atom. The fraction of sp³-hybridized carbons (Fsp3) is 0.556. The van der Waals surface area contributed by atoms with Crippen molar-refractivity contribution in [2.75, 3.05) is 33.7 Å². The van der Waals surface area contributed by atoms with Crippen molar-refractivity contribution in [3.8, 4) is 0 Å². The Morgan fingerprint density at radius 2 is 2.25 bits per heavy atom. The number of imidazole rings is 1. The van der Waals surface area contributed by atoms with E-state index in [4.69, 9.17) is 0 Å². The normalized spacial score (nSPS) is 21.6. The summed E-state index contributed by atoms with van der Waals surface area (Å²) in [4.78, 5) is 20.9. The maximum absolute atomic E-state index is 12.7. The average Bonchev–Trinajstić information content (AvgIpc) is 2.90. The number of amides is 1. The first kappa shape index (κ1) is 16.9. The highest BCUT2D eigenvalue weighted by molar-refractivity contribution is 5.79. The lowest BCUT2D eigenvalue weighted by atomic mass is 9.92. The van der Waals surface area contributed by atoms with Crippen LogP contribution in [0.25, 0.3) is 5.65 Å². The fourth-order valence-electron chi connectivity index (χ4n) is 3.64. The number of carbonyl (C=O) groups is 1. The van der Waals surface area contributed by atoms with E-state index in [2.05, 4.69) is 4.98 Å². The minimum atomic E-state index is -0.812. The number of hydrogen-bond donors (Lipinski definition) is 1. The molecule has 1 aliphatic rings. The van der Waals surface area contributed by atoms with E-state index in [0.717, 1.165) is 29.7 Å². The van der Waals surface area contributed by atoms with Gasteiger partial charge in [0.1, 0.15) is 5.65 Å². The zero-order chi connectivity index (χ0) is 17.3. The molecule has 2 aromatic rings. The van der Waals surface area contributed by atoms with E-state index in [-0.39, 0.29) is 5.91 Å². The molecule has 1 N–H and O–H groups in total. The number of rotatable bonds is 4. The molecule has 0 aromatic carbocycles. The van der Waals surface area contributed by atoms with Gasteiger partial charge in [0.2, 0.25) is 5.91 Å². The van der Waals surface area contributed by atoms with Gasteiger partial charge in [-0.05, 0) is 45.5 Å². The highest BCUT2D eigenvalue weighted by Crippen LogP contribution is 2.23. The largest absolute Gasteiger partial charge is 0.387 e. The topological polar surface area (TPSA) is 61.1 Å². The van der Waals surface area contributed by atoms with Crippen molar-refractivity contribution in [1.29, 1.82) is 0 Å². The smallest absolute Gasteiger partial charge is 0.228 e. The monoisotopic (exact) mass is 330 g/mol. The summed E-state index contributed by atoms with van der Waals surface area (Å²) in [6.07, 6.45) is 5.60. The molecule has 2 aromatic heterocycles. The van der Waals surface area contributed by atoms with Crippen LogP contribution in [0.2, 0.25) is 0 Å². The van der Waals surface area contributed by atoms with Crippen molar-refractivity contribution in [3.05, 3.63) is 35.8 Å². The van der Waals surface area contributed by atoms with E-state index in [1.807, 2.05) is 48.6 Å². The molecule has 1 aliphatic heterocycles. The van der Waals surface area contributed by atoms with Gasteiger partial charge in [0, 0.05) is 25.5 Å². The van der Waals surface area contributed by atoms with E-state index in [0.29, 0.717) is 26.1 Å². The van der Waals surface area contributed by atoms with Crippen LogP contribution < -0.4 is 0 Å². The molecule has 0 saturated carbocycles. The molecule has 1 amide bonds. The molecule has 0 unspecified atom stereocenters. The highest BCUT2D eigenvalue weighted by atomic mass is 16.3. The lowest BCUT2D eigenvalue weighted by molar-refractivity contribution is -0.138. The molecule has 3 rings (SSSR count). The Kier molecular flexibility index (Phi) is 4.60. The van der Waals surface area contributed by atoms with Gasteiger partial charge in [0.25, 0.3) is 0 Å². The number of nitrogens with zero attached hydrogens (tertiary/aromatic N) is 4. The molecule has 0 spiro atoms. The summed E-state index contributed by atoms with van der Waals surface area (Å²) in [5, 5.41) is 10.7. The zero-order valence-electron chi connectivity index (χ0n) is 14.7. The number of likely N-dealkylation sites (N-methyl/N-ethyl adjacent to an activating group) is 1. The van der Waals surface area contributed by atoms with Crippen LogP contribution in [-0.4, -0.2) is 69.5 Å². The quantitative estimate of drug-likeness (QED) is 0.912. The van der Waals surface area contributed by atoms with Crippen molar-refractivity contribution in [3.63, 3.8) is 0 Å². The van der Waals surface area contributed by atoms with Gasteiger partial charge in [-0.1, -0.05) is 6.07 Å². The number of carbonyl (C=O) groups excluding carboxylic acids is 1. The van der Waals surface area contributed by atoms with Crippen molar-refractivity contribution < 1.29 is 9.90 Å². The summed E-state index contributed by atoms with van der Waals surface area (Å²) >= 11 is 0. The van der Waals surface area contributed by atoms with Gasteiger partial charge in [-0.25, -0.2) is 4.98 Å². The molecule has 0 bridgehead atoms. The number of likely N-dealkylation sites (tertiary alicyclic amines) is 1. The molecule has 6 heteroatoms. The third-order valence-electron chi connectivity index (χ3n) is 4.66. The molecule has 130 valence electrons. The zero-order valence-corrected chi connectivity index (χ0v) is 14.7. The fourth-order valence-corrected chi connectivity index (χ4v) is 3.64. The Bertz CT molecular complexity index is 740. The molecule has 1 atom stereocenters. The van der Waals surface area contributed by atoms with Gasteiger partial charge in [-0.3, -0.25) is 4.79 Å². The van der Waals surface area contributed by atoms with Gasteiger partial charge in [0.05, 0.1) is 24.3 Å². The second kappa shape index (κ2) is 6.53. The number of aryl methyl sites for hydroxylation is 1. The Hall–Kier alpha value is -1.92. The standard InChI is InChI=1S/C18H26N4O2/c1-14-6-4-9-22-15(11-19-17(14)22)10-16(23)21-8-5-7-18(24,13-21)12-20(2)3/h4,6,9,11,24H,5,7-8,10,12-13H2,1-3H3/t18-/m1/s1. The number of aromatic nitrogens is 2. The number of aliphatic hydroxyl groups is 1. The molecule has 24 heavy (non-hydrogen) atoms. The van der Waals surface area contributed by atoms with Gasteiger partial charge in [-0.15, -0.1) is 0 Å². The van der Waals surface area contributed by atoms with E-state index in [1.54, 1.807) is 11.1 Å². The van der Waals surface area contributed by atoms with Crippen LogP contribution in [-0.2, 0) is 11.2 Å². The maximum atomic E-state index is 12.7. The third kappa shape index (κ3) is 3.44. The number of β-amino-alcohol motifs (C(OH)–C–C–N with tert-alkyl or cyclic N) is 1. The van der Waals surface area contributed by atoms with Gasteiger partial charge < -0.3 is 19.3 Å². The van der Waals surface area contributed by atoms with E-state index in [1.165, 1.54) is 0 Å². The summed E-state index contributed by atoms with van der Waals surface area (Å²) in [5.74, 6) is 0.0511. The predicted molar refractivity (Wildman–Crippen MR) is 93.0 cm³/mol. The van der Waals surface area contributed by atoms with E-state index in [9.17, 15) is 9.90 Å². The van der Waals surface area contributed by atoms with E-state index < -0.39 is 5.60 Å². The second-order valence-corrected chi connectivity index (χ2v) is 7.19. The van der Waals surface area contributed by atoms with Gasteiger partial charge in [-0.2, -0.15) is 0 Å². The van der Waals surface area contributed by atoms with E-state index >= 15 is 0 Å². The molecule has 0 aliphatic carbocycles. The summed E-state index contributed by atoms with van der Waals surface area (Å²) < 4.78 is 1.98. The molecule has 3 heterocycles. The summed E-state index contributed by atoms with van der Waals surface area (Å²) in [5.41, 5.74) is 2.06. The minimum absolute atomic E-state index is 0.0511. The lowest BCUT2D eigenvalue weighted by Gasteiger charge is -2.40. The summed E-state index contributed by atoms with van der Waals surface area (Å²) in [7, 11) is 3.89. The molecule has 6 nitrogen and oxygen atoms in total. The summed E-state index contributed by atoms with van der Waals surface area (Å²) in [6, 6.07) is 3.98. The Morgan fingerprint density at radius 1 is 1.46 bits per heavy atom. The Labute approximate surface area is 142 Å². The Balaban J connectivity index is 1.73. The van der Waals surface area contributed by atoms with Crippen LogP contribution in [0.5, 0.6) is 0 Å². The van der Waals surface area contributed by atoms with Crippen molar-refractivity contribution in [1.82, 2.24) is 19.2 Å². The van der Waals surface area contributed by atoms with Crippen LogP contribution in [0.1, 0.15) is 24.1 Å². The molecule has 0 radical (unpaired) electrons. The number of piperidine rings is 1. The number of pyridine rings is 1. The van der Waals surface area contributed by atoms with Crippen molar-refractivity contribution >= 4 is 11.6 Å². The first-order chi connectivity index (χ1) is 11.4. The molecule has 1 saturated heterocycles. The van der Waals surface area contributed by atoms with Crippen molar-refractivity contribution in [2.24, 2.45) is 0 Å². The molecular formula is C18H26N4O2. The average molecular weight is 330 g/mol. The lowest BCUT2D eigenvalue weighted by Crippen LogP contribution is -2.55. The molecular weight excluding hydrogens is 304 g/mol. The first-order valence-corrected chi connectivity index (χ1v) is 8.44. The van der Waals surface area contributed by atoms with Gasteiger partial charge in [0.15, 0.2) is 0 Å². The first-order valence-electron chi connectivity index (χ1n) is 8.44. The van der Waals surface area contributed by atoms with Crippen LogP contribution >= 0.6 is 0 Å². The number of fused-ring (bicyclic) bond motifs is 1.